The first kappa shape index (κ1) is 14.6. The van der Waals surface area contributed by atoms with E-state index in [1.54, 1.807) is 51.4 Å². The Kier molecular flexibility index (Phi) is 3.87. The maximum atomic E-state index is 2.67. The van der Waals surface area contributed by atoms with Crippen LogP contribution in [-0.2, 0) is 0 Å². The van der Waals surface area contributed by atoms with Gasteiger partial charge in [-0.2, -0.15) is 0 Å². The average molecular weight is 289 g/mol. The third-order valence-electron chi connectivity index (χ3n) is 8.50. The second-order valence-electron chi connectivity index (χ2n) is 9.65. The molecule has 4 fully saturated rings. The highest BCUT2D eigenvalue weighted by atomic mass is 14.6. The van der Waals surface area contributed by atoms with E-state index >= 15 is 0 Å². The van der Waals surface area contributed by atoms with Crippen molar-refractivity contribution < 1.29 is 0 Å². The molecule has 7 atom stereocenters. The molecule has 0 heteroatoms. The molecule has 0 aromatic heterocycles. The zero-order valence-corrected chi connectivity index (χ0v) is 14.4. The standard InChI is InChI=1S/C21H36/c1-15-7-9-17-16(14-15)8-10-19-18(17)11-13-21(2)12-5-3-4-6-20(19)21/h15-20H,3-14H2,1-2H3. The third kappa shape index (κ3) is 2.49. The lowest BCUT2D eigenvalue weighted by atomic mass is 9.48. The maximum Gasteiger partial charge on any atom is -0.0295 e. The molecule has 4 saturated carbocycles. The fourth-order valence-electron chi connectivity index (χ4n) is 7.42. The highest BCUT2D eigenvalue weighted by Gasteiger charge is 2.51. The van der Waals surface area contributed by atoms with Crippen LogP contribution in [0.3, 0.4) is 0 Å². The predicted octanol–water partition coefficient (Wildman–Crippen LogP) is 6.45. The molecule has 7 unspecified atom stereocenters. The number of fused-ring (bicyclic) bond motifs is 5. The summed E-state index contributed by atoms with van der Waals surface area (Å²) in [4.78, 5) is 0. The van der Waals surface area contributed by atoms with Gasteiger partial charge in [0.15, 0.2) is 0 Å². The topological polar surface area (TPSA) is 0 Å². The van der Waals surface area contributed by atoms with Crippen molar-refractivity contribution in [1.82, 2.24) is 0 Å². The van der Waals surface area contributed by atoms with Crippen molar-refractivity contribution in [3.63, 3.8) is 0 Å². The van der Waals surface area contributed by atoms with Gasteiger partial charge in [0.05, 0.1) is 0 Å². The number of rotatable bonds is 0. The van der Waals surface area contributed by atoms with Crippen LogP contribution in [0.2, 0.25) is 0 Å². The van der Waals surface area contributed by atoms with Crippen LogP contribution in [0.4, 0.5) is 0 Å². The summed E-state index contributed by atoms with van der Waals surface area (Å²) in [5.41, 5.74) is 0.729. The van der Waals surface area contributed by atoms with Crippen LogP contribution in [0.1, 0.15) is 90.9 Å². The molecule has 0 heterocycles. The summed E-state index contributed by atoms with van der Waals surface area (Å²) >= 11 is 0. The van der Waals surface area contributed by atoms with Gasteiger partial charge < -0.3 is 0 Å². The Bertz CT molecular complexity index is 372. The van der Waals surface area contributed by atoms with E-state index in [4.69, 9.17) is 0 Å². The van der Waals surface area contributed by atoms with Crippen molar-refractivity contribution in [3.8, 4) is 0 Å². The fraction of sp³-hybridized carbons (Fsp3) is 1.00. The van der Waals surface area contributed by atoms with E-state index in [1.807, 2.05) is 0 Å². The third-order valence-corrected chi connectivity index (χ3v) is 8.50. The van der Waals surface area contributed by atoms with Crippen LogP contribution in [0.5, 0.6) is 0 Å². The molecule has 0 nitrogen and oxygen atoms in total. The molecule has 0 amide bonds. The molecule has 0 bridgehead atoms. The van der Waals surface area contributed by atoms with E-state index in [-0.39, 0.29) is 0 Å². The van der Waals surface area contributed by atoms with Gasteiger partial charge >= 0.3 is 0 Å². The van der Waals surface area contributed by atoms with Gasteiger partial charge in [0.25, 0.3) is 0 Å². The Balaban J connectivity index is 1.55. The largest absolute Gasteiger partial charge is 0.0625 e. The Morgan fingerprint density at radius 1 is 0.714 bits per heavy atom. The Morgan fingerprint density at radius 2 is 1.57 bits per heavy atom. The van der Waals surface area contributed by atoms with E-state index in [0.717, 1.165) is 40.9 Å². The van der Waals surface area contributed by atoms with Crippen molar-refractivity contribution in [3.05, 3.63) is 0 Å². The lowest BCUT2D eigenvalue weighted by Crippen LogP contribution is -2.48. The average Bonchev–Trinajstić information content (AvgIpc) is 2.68. The smallest absolute Gasteiger partial charge is 0.0295 e. The molecule has 4 rings (SSSR count). The first-order valence-electron chi connectivity index (χ1n) is 10.2. The first-order valence-corrected chi connectivity index (χ1v) is 10.2. The summed E-state index contributed by atoms with van der Waals surface area (Å²) in [7, 11) is 0. The summed E-state index contributed by atoms with van der Waals surface area (Å²) in [6.45, 7) is 5.18. The molecular formula is C21H36. The quantitative estimate of drug-likeness (QED) is 0.481. The van der Waals surface area contributed by atoms with Crippen LogP contribution < -0.4 is 0 Å². The minimum atomic E-state index is 0.729. The van der Waals surface area contributed by atoms with Crippen LogP contribution in [0.25, 0.3) is 0 Å². The lowest BCUT2D eigenvalue weighted by molar-refractivity contribution is -0.0707. The van der Waals surface area contributed by atoms with E-state index in [2.05, 4.69) is 13.8 Å². The van der Waals surface area contributed by atoms with Crippen molar-refractivity contribution in [2.75, 3.05) is 0 Å². The van der Waals surface area contributed by atoms with Gasteiger partial charge in [-0.25, -0.2) is 0 Å². The van der Waals surface area contributed by atoms with Crippen LogP contribution >= 0.6 is 0 Å². The van der Waals surface area contributed by atoms with Crippen molar-refractivity contribution in [1.29, 1.82) is 0 Å². The molecule has 0 aliphatic heterocycles. The number of hydrogen-bond donors (Lipinski definition) is 0. The zero-order valence-electron chi connectivity index (χ0n) is 14.4. The van der Waals surface area contributed by atoms with Gasteiger partial charge in [-0.1, -0.05) is 39.5 Å². The molecule has 4 aliphatic rings. The van der Waals surface area contributed by atoms with E-state index in [0.29, 0.717) is 0 Å². The Hall–Kier alpha value is 0. The maximum absolute atomic E-state index is 2.67. The van der Waals surface area contributed by atoms with Crippen molar-refractivity contribution >= 4 is 0 Å². The highest BCUT2D eigenvalue weighted by molar-refractivity contribution is 5.01. The van der Waals surface area contributed by atoms with E-state index in [9.17, 15) is 0 Å². The molecule has 0 radical (unpaired) electrons. The Morgan fingerprint density at radius 3 is 2.48 bits per heavy atom. The minimum Gasteiger partial charge on any atom is -0.0625 e. The number of hydrogen-bond acceptors (Lipinski definition) is 0. The van der Waals surface area contributed by atoms with E-state index < -0.39 is 0 Å². The molecule has 0 aromatic carbocycles. The van der Waals surface area contributed by atoms with Gasteiger partial charge in [0.2, 0.25) is 0 Å². The summed E-state index contributed by atoms with van der Waals surface area (Å²) in [5, 5.41) is 0. The summed E-state index contributed by atoms with van der Waals surface area (Å²) in [6, 6.07) is 0. The zero-order chi connectivity index (χ0) is 14.4. The first-order chi connectivity index (χ1) is 10.2. The Labute approximate surface area is 132 Å². The lowest BCUT2D eigenvalue weighted by Gasteiger charge is -2.57. The summed E-state index contributed by atoms with van der Waals surface area (Å²) in [6.07, 6.45) is 18.7. The van der Waals surface area contributed by atoms with Gasteiger partial charge in [-0.05, 0) is 92.3 Å². The fourth-order valence-corrected chi connectivity index (χ4v) is 7.42. The second kappa shape index (κ2) is 5.57. The van der Waals surface area contributed by atoms with Gasteiger partial charge in [0, 0.05) is 0 Å². The summed E-state index contributed by atoms with van der Waals surface area (Å²) in [5.74, 6) is 6.62. The molecule has 0 saturated heterocycles. The normalized spacial score (nSPS) is 54.0. The van der Waals surface area contributed by atoms with Crippen molar-refractivity contribution in [2.45, 2.75) is 90.9 Å². The highest BCUT2D eigenvalue weighted by Crippen LogP contribution is 2.61. The SMILES string of the molecule is CC1CCC2C(CCC3C2CCC2(C)CCCCCC32)C1. The monoisotopic (exact) mass is 288 g/mol. The molecule has 21 heavy (non-hydrogen) atoms. The molecule has 0 N–H and O–H groups in total. The predicted molar refractivity (Wildman–Crippen MR) is 90.1 cm³/mol. The second-order valence-corrected chi connectivity index (χ2v) is 9.65. The summed E-state index contributed by atoms with van der Waals surface area (Å²) < 4.78 is 0. The molecule has 120 valence electrons. The van der Waals surface area contributed by atoms with Crippen LogP contribution in [-0.4, -0.2) is 0 Å². The van der Waals surface area contributed by atoms with E-state index in [1.165, 1.54) is 25.7 Å². The van der Waals surface area contributed by atoms with Gasteiger partial charge in [-0.15, -0.1) is 0 Å². The van der Waals surface area contributed by atoms with Crippen LogP contribution in [0.15, 0.2) is 0 Å². The van der Waals surface area contributed by atoms with Gasteiger partial charge in [-0.3, -0.25) is 0 Å². The molecule has 0 spiro atoms. The molecule has 4 aliphatic carbocycles. The molecular weight excluding hydrogens is 252 g/mol. The van der Waals surface area contributed by atoms with Crippen molar-refractivity contribution in [2.24, 2.45) is 40.9 Å². The molecule has 0 aromatic rings. The van der Waals surface area contributed by atoms with Crippen LogP contribution in [0, 0.1) is 40.9 Å². The van der Waals surface area contributed by atoms with Gasteiger partial charge in [0.1, 0.15) is 0 Å². The minimum absolute atomic E-state index is 0.729.